The molecule has 1 amide bonds. The van der Waals surface area contributed by atoms with Gasteiger partial charge in [0.1, 0.15) is 5.75 Å². The third kappa shape index (κ3) is 3.41. The number of para-hydroxylation sites is 2. The molecule has 4 nitrogen and oxygen atoms in total. The van der Waals surface area contributed by atoms with Crippen molar-refractivity contribution in [3.05, 3.63) is 46.2 Å². The fourth-order valence-electron chi connectivity index (χ4n) is 3.24. The van der Waals surface area contributed by atoms with Crippen molar-refractivity contribution >= 4 is 22.9 Å². The van der Waals surface area contributed by atoms with Gasteiger partial charge in [-0.1, -0.05) is 19.1 Å². The molecule has 3 rings (SSSR count). The molecule has 1 aromatic heterocycles. The summed E-state index contributed by atoms with van der Waals surface area (Å²) in [4.78, 5) is 16.2. The predicted octanol–water partition coefficient (Wildman–Crippen LogP) is 3.70. The van der Waals surface area contributed by atoms with E-state index < -0.39 is 0 Å². The predicted molar refractivity (Wildman–Crippen MR) is 94.3 cm³/mol. The summed E-state index contributed by atoms with van der Waals surface area (Å²) < 4.78 is 5.29. The zero-order chi connectivity index (χ0) is 16.2. The van der Waals surface area contributed by atoms with Crippen molar-refractivity contribution in [3.63, 3.8) is 0 Å². The Labute approximate surface area is 141 Å². The molecule has 0 aliphatic carbocycles. The van der Waals surface area contributed by atoms with Crippen molar-refractivity contribution in [2.24, 2.45) is 0 Å². The van der Waals surface area contributed by atoms with Crippen LogP contribution in [0.3, 0.4) is 0 Å². The monoisotopic (exact) mass is 330 g/mol. The van der Waals surface area contributed by atoms with Crippen LogP contribution in [0.5, 0.6) is 5.75 Å². The van der Waals surface area contributed by atoms with Gasteiger partial charge in [0, 0.05) is 17.5 Å². The number of carbonyl (C=O) groups is 1. The quantitative estimate of drug-likeness (QED) is 0.909. The summed E-state index contributed by atoms with van der Waals surface area (Å²) in [6.07, 6.45) is 2.05. The van der Waals surface area contributed by atoms with Gasteiger partial charge in [-0.25, -0.2) is 0 Å². The number of carbonyl (C=O) groups excluding carboxylic acids is 1. The van der Waals surface area contributed by atoms with Gasteiger partial charge in [0.2, 0.25) is 5.91 Å². The number of benzene rings is 1. The molecule has 0 spiro atoms. The van der Waals surface area contributed by atoms with Crippen LogP contribution in [0.15, 0.2) is 35.7 Å². The normalized spacial score (nSPS) is 17.6. The third-order valence-electron chi connectivity index (χ3n) is 4.32. The molecule has 1 aliphatic rings. The van der Waals surface area contributed by atoms with Gasteiger partial charge in [-0.15, -0.1) is 11.3 Å². The lowest BCUT2D eigenvalue weighted by atomic mass is 9.98. The highest BCUT2D eigenvalue weighted by Crippen LogP contribution is 2.35. The van der Waals surface area contributed by atoms with Crippen LogP contribution in [-0.4, -0.2) is 31.0 Å². The first kappa shape index (κ1) is 16.0. The summed E-state index contributed by atoms with van der Waals surface area (Å²) in [5, 5.41) is 5.13. The number of amides is 1. The van der Waals surface area contributed by atoms with Crippen molar-refractivity contribution in [1.82, 2.24) is 4.90 Å². The fourth-order valence-corrected chi connectivity index (χ4v) is 4.17. The van der Waals surface area contributed by atoms with E-state index in [4.69, 9.17) is 4.74 Å². The number of hydrogen-bond acceptors (Lipinski definition) is 4. The molecule has 0 radical (unpaired) electrons. The Hall–Kier alpha value is -1.85. The molecule has 1 unspecified atom stereocenters. The van der Waals surface area contributed by atoms with E-state index in [-0.39, 0.29) is 5.91 Å². The molecule has 0 fully saturated rings. The number of ether oxygens (including phenoxy) is 1. The molecule has 0 bridgehead atoms. The lowest BCUT2D eigenvalue weighted by Gasteiger charge is -2.34. The van der Waals surface area contributed by atoms with Crippen molar-refractivity contribution in [1.29, 1.82) is 0 Å². The number of rotatable bonds is 5. The Bertz CT molecular complexity index is 683. The Morgan fingerprint density at radius 3 is 3.00 bits per heavy atom. The second-order valence-electron chi connectivity index (χ2n) is 5.69. The Morgan fingerprint density at radius 1 is 1.39 bits per heavy atom. The minimum Gasteiger partial charge on any atom is -0.495 e. The smallest absolute Gasteiger partial charge is 0.238 e. The summed E-state index contributed by atoms with van der Waals surface area (Å²) in [6.45, 7) is 3.53. The molecule has 122 valence electrons. The van der Waals surface area contributed by atoms with E-state index in [0.29, 0.717) is 18.3 Å². The highest BCUT2D eigenvalue weighted by atomic mass is 32.1. The molecule has 1 atom stereocenters. The number of nitrogens with zero attached hydrogens (tertiary/aromatic N) is 1. The first-order chi connectivity index (χ1) is 11.2. The Morgan fingerprint density at radius 2 is 2.22 bits per heavy atom. The van der Waals surface area contributed by atoms with Gasteiger partial charge in [0.25, 0.3) is 0 Å². The molecule has 2 aromatic rings. The van der Waals surface area contributed by atoms with Crippen molar-refractivity contribution in [2.45, 2.75) is 25.8 Å². The zero-order valence-corrected chi connectivity index (χ0v) is 14.4. The first-order valence-electron chi connectivity index (χ1n) is 7.96. The van der Waals surface area contributed by atoms with E-state index >= 15 is 0 Å². The number of anilines is 1. The number of fused-ring (bicyclic) bond motifs is 1. The third-order valence-corrected chi connectivity index (χ3v) is 5.32. The topological polar surface area (TPSA) is 41.6 Å². The summed E-state index contributed by atoms with van der Waals surface area (Å²) in [5.41, 5.74) is 2.12. The second-order valence-corrected chi connectivity index (χ2v) is 6.69. The number of thiophene rings is 1. The van der Waals surface area contributed by atoms with Gasteiger partial charge >= 0.3 is 0 Å². The van der Waals surface area contributed by atoms with Crippen LogP contribution in [0, 0.1) is 0 Å². The highest BCUT2D eigenvalue weighted by Gasteiger charge is 2.28. The van der Waals surface area contributed by atoms with Gasteiger partial charge in [-0.3, -0.25) is 9.69 Å². The van der Waals surface area contributed by atoms with Gasteiger partial charge in [-0.2, -0.15) is 0 Å². The molecular weight excluding hydrogens is 308 g/mol. The summed E-state index contributed by atoms with van der Waals surface area (Å²) >= 11 is 1.83. The Balaban J connectivity index is 1.68. The summed E-state index contributed by atoms with van der Waals surface area (Å²) in [7, 11) is 1.61. The Kier molecular flexibility index (Phi) is 4.98. The van der Waals surface area contributed by atoms with Crippen LogP contribution in [0.2, 0.25) is 0 Å². The van der Waals surface area contributed by atoms with Crippen LogP contribution in [0.1, 0.15) is 29.8 Å². The molecule has 2 heterocycles. The maximum atomic E-state index is 12.5. The van der Waals surface area contributed by atoms with E-state index in [1.165, 1.54) is 10.4 Å². The van der Waals surface area contributed by atoms with Crippen LogP contribution >= 0.6 is 11.3 Å². The van der Waals surface area contributed by atoms with Crippen molar-refractivity contribution in [3.8, 4) is 5.75 Å². The van der Waals surface area contributed by atoms with Crippen LogP contribution in [-0.2, 0) is 11.2 Å². The molecule has 1 N–H and O–H groups in total. The van der Waals surface area contributed by atoms with E-state index in [0.717, 1.165) is 25.1 Å². The highest BCUT2D eigenvalue weighted by molar-refractivity contribution is 7.10. The van der Waals surface area contributed by atoms with Gasteiger partial charge in [-0.05, 0) is 42.0 Å². The number of nitrogens with one attached hydrogen (secondary N) is 1. The minimum atomic E-state index is 0.00614. The van der Waals surface area contributed by atoms with E-state index in [1.54, 1.807) is 7.11 Å². The fraction of sp³-hybridized carbons (Fsp3) is 0.389. The van der Waals surface area contributed by atoms with Crippen LogP contribution in [0.25, 0.3) is 0 Å². The number of methoxy groups -OCH3 is 1. The molecule has 0 saturated carbocycles. The molecule has 0 saturated heterocycles. The lowest BCUT2D eigenvalue weighted by Crippen LogP contribution is -2.40. The van der Waals surface area contributed by atoms with Crippen molar-refractivity contribution in [2.75, 3.05) is 25.5 Å². The van der Waals surface area contributed by atoms with Crippen molar-refractivity contribution < 1.29 is 9.53 Å². The van der Waals surface area contributed by atoms with E-state index in [2.05, 4.69) is 28.6 Å². The standard InChI is InChI=1S/C18H22N2O2S/c1-3-15-13-9-11-23-17(13)8-10-20(15)12-18(21)19-14-6-4-5-7-16(14)22-2/h4-7,9,11,15H,3,8,10,12H2,1-2H3,(H,19,21). The molecular formula is C18H22N2O2S. The minimum absolute atomic E-state index is 0.00614. The first-order valence-corrected chi connectivity index (χ1v) is 8.84. The maximum Gasteiger partial charge on any atom is 0.238 e. The maximum absolute atomic E-state index is 12.5. The average Bonchev–Trinajstić information content (AvgIpc) is 3.03. The van der Waals surface area contributed by atoms with Gasteiger partial charge in [0.05, 0.1) is 19.3 Å². The summed E-state index contributed by atoms with van der Waals surface area (Å²) in [6, 6.07) is 10.0. The zero-order valence-electron chi connectivity index (χ0n) is 13.5. The van der Waals surface area contributed by atoms with Crippen LogP contribution in [0.4, 0.5) is 5.69 Å². The molecule has 5 heteroatoms. The molecule has 23 heavy (non-hydrogen) atoms. The second kappa shape index (κ2) is 7.15. The SMILES string of the molecule is CCC1c2ccsc2CCN1CC(=O)Nc1ccccc1OC. The lowest BCUT2D eigenvalue weighted by molar-refractivity contribution is -0.118. The average molecular weight is 330 g/mol. The van der Waals surface area contributed by atoms with E-state index in [9.17, 15) is 4.79 Å². The molecule has 1 aliphatic heterocycles. The van der Waals surface area contributed by atoms with E-state index in [1.807, 2.05) is 35.6 Å². The van der Waals surface area contributed by atoms with Gasteiger partial charge < -0.3 is 10.1 Å². The van der Waals surface area contributed by atoms with Gasteiger partial charge in [0.15, 0.2) is 0 Å². The van der Waals surface area contributed by atoms with Crippen LogP contribution < -0.4 is 10.1 Å². The largest absolute Gasteiger partial charge is 0.495 e. The summed E-state index contributed by atoms with van der Waals surface area (Å²) in [5.74, 6) is 0.693. The number of hydrogen-bond donors (Lipinski definition) is 1. The molecule has 1 aromatic carbocycles.